The largest absolute Gasteiger partial charge is 0.507 e. The van der Waals surface area contributed by atoms with Gasteiger partial charge in [-0.15, -0.1) is 5.11 Å². The number of Topliss-reactive ketones (excluding diaryl/α,β-unsaturated/α-hetero) is 1. The molecule has 0 aliphatic rings. The highest BCUT2D eigenvalue weighted by atomic mass is 16.3. The Labute approximate surface area is 211 Å². The molecule has 2 N–H and O–H groups in total. The Kier molecular flexibility index (Phi) is 14.4. The fraction of sp³-hybridized carbons (Fsp3) is 0.567. The number of azo groups is 1. The summed E-state index contributed by atoms with van der Waals surface area (Å²) in [7, 11) is 0. The van der Waals surface area contributed by atoms with E-state index >= 15 is 0 Å². The Morgan fingerprint density at radius 2 is 1.17 bits per heavy atom. The van der Waals surface area contributed by atoms with Crippen LogP contribution in [0.2, 0.25) is 0 Å². The van der Waals surface area contributed by atoms with Gasteiger partial charge in [0.25, 0.3) is 0 Å². The van der Waals surface area contributed by atoms with Crippen molar-refractivity contribution in [2.24, 2.45) is 10.2 Å². The van der Waals surface area contributed by atoms with Crippen molar-refractivity contribution in [2.45, 2.75) is 110 Å². The number of benzene rings is 2. The van der Waals surface area contributed by atoms with Gasteiger partial charge in [-0.3, -0.25) is 4.79 Å². The van der Waals surface area contributed by atoms with E-state index in [2.05, 4.69) is 17.2 Å². The molecule has 192 valence electrons. The molecule has 0 saturated carbocycles. The smallest absolute Gasteiger partial charge is 0.166 e. The number of hydrogen-bond acceptors (Lipinski definition) is 5. The summed E-state index contributed by atoms with van der Waals surface area (Å²) in [5, 5.41) is 28.3. The second kappa shape index (κ2) is 17.7. The summed E-state index contributed by atoms with van der Waals surface area (Å²) < 4.78 is 0. The quantitative estimate of drug-likeness (QED) is 0.119. The number of carbonyl (C=O) groups is 1. The third-order valence-corrected chi connectivity index (χ3v) is 6.43. The molecule has 0 spiro atoms. The standard InChI is InChI=1S/C30H44N2O3/c1-2-3-4-5-6-7-8-9-10-11-12-13-14-15-19-22-28(33)26-23-27(30(35)24-29(26)34)32-31-25-20-17-16-18-21-25/h16-18,20-21,23-24,34-35H,2-15,19,22H2,1H3. The molecule has 0 saturated heterocycles. The molecule has 0 fully saturated rings. The van der Waals surface area contributed by atoms with Crippen molar-refractivity contribution in [1.29, 1.82) is 0 Å². The van der Waals surface area contributed by atoms with Gasteiger partial charge in [0.05, 0.1) is 11.3 Å². The lowest BCUT2D eigenvalue weighted by Gasteiger charge is -2.07. The Bertz CT molecular complexity index is 881. The minimum Gasteiger partial charge on any atom is -0.507 e. The molecule has 0 aliphatic heterocycles. The third-order valence-electron chi connectivity index (χ3n) is 6.43. The maximum atomic E-state index is 12.6. The molecule has 2 aromatic carbocycles. The van der Waals surface area contributed by atoms with E-state index in [1.165, 1.54) is 89.2 Å². The topological polar surface area (TPSA) is 82.2 Å². The van der Waals surface area contributed by atoms with Crippen LogP contribution >= 0.6 is 0 Å². The number of rotatable bonds is 19. The lowest BCUT2D eigenvalue weighted by molar-refractivity contribution is 0.0976. The normalized spacial score (nSPS) is 11.3. The monoisotopic (exact) mass is 480 g/mol. The van der Waals surface area contributed by atoms with Crippen LogP contribution in [0.1, 0.15) is 120 Å². The fourth-order valence-corrected chi connectivity index (χ4v) is 4.27. The number of nitrogens with zero attached hydrogens (tertiary/aromatic N) is 2. The van der Waals surface area contributed by atoms with Gasteiger partial charge >= 0.3 is 0 Å². The summed E-state index contributed by atoms with van der Waals surface area (Å²) >= 11 is 0. The minimum absolute atomic E-state index is 0.131. The lowest BCUT2D eigenvalue weighted by atomic mass is 10.0. The van der Waals surface area contributed by atoms with Gasteiger partial charge in [0.2, 0.25) is 0 Å². The zero-order valence-corrected chi connectivity index (χ0v) is 21.6. The average Bonchev–Trinajstić information content (AvgIpc) is 2.86. The molecule has 0 aromatic heterocycles. The fourth-order valence-electron chi connectivity index (χ4n) is 4.27. The molecule has 0 atom stereocenters. The molecular weight excluding hydrogens is 436 g/mol. The van der Waals surface area contributed by atoms with Crippen LogP contribution < -0.4 is 0 Å². The van der Waals surface area contributed by atoms with Crippen LogP contribution in [-0.4, -0.2) is 16.0 Å². The van der Waals surface area contributed by atoms with Crippen LogP contribution in [0.15, 0.2) is 52.7 Å². The lowest BCUT2D eigenvalue weighted by Crippen LogP contribution is -1.99. The van der Waals surface area contributed by atoms with Crippen LogP contribution in [0.5, 0.6) is 11.5 Å². The summed E-state index contributed by atoms with van der Waals surface area (Å²) in [6.45, 7) is 2.26. The Morgan fingerprint density at radius 1 is 0.657 bits per heavy atom. The number of carbonyl (C=O) groups excluding carboxylic acids is 1. The first kappa shape index (κ1) is 28.5. The molecule has 0 amide bonds. The number of hydrogen-bond donors (Lipinski definition) is 2. The van der Waals surface area contributed by atoms with Crippen LogP contribution in [0.3, 0.4) is 0 Å². The first-order valence-corrected chi connectivity index (χ1v) is 13.7. The highest BCUT2D eigenvalue weighted by molar-refractivity contribution is 5.99. The third kappa shape index (κ3) is 12.0. The summed E-state index contributed by atoms with van der Waals surface area (Å²) in [5.74, 6) is -0.550. The Balaban J connectivity index is 1.59. The maximum Gasteiger partial charge on any atom is 0.166 e. The predicted octanol–water partition coefficient (Wildman–Crippen LogP) is 9.96. The van der Waals surface area contributed by atoms with E-state index in [0.29, 0.717) is 12.1 Å². The summed E-state index contributed by atoms with van der Waals surface area (Å²) in [4.78, 5) is 12.6. The molecule has 5 heteroatoms. The second-order valence-electron chi connectivity index (χ2n) is 9.52. The molecule has 0 radical (unpaired) electrons. The van der Waals surface area contributed by atoms with E-state index in [1.54, 1.807) is 12.1 Å². The second-order valence-corrected chi connectivity index (χ2v) is 9.52. The van der Waals surface area contributed by atoms with E-state index in [-0.39, 0.29) is 28.5 Å². The van der Waals surface area contributed by atoms with Crippen LogP contribution in [0.25, 0.3) is 0 Å². The van der Waals surface area contributed by atoms with Crippen molar-refractivity contribution in [3.8, 4) is 11.5 Å². The number of ketones is 1. The Hall–Kier alpha value is -2.69. The molecule has 0 aliphatic carbocycles. The van der Waals surface area contributed by atoms with Gasteiger partial charge < -0.3 is 10.2 Å². The first-order chi connectivity index (χ1) is 17.1. The van der Waals surface area contributed by atoms with E-state index in [9.17, 15) is 15.0 Å². The number of aromatic hydroxyl groups is 2. The van der Waals surface area contributed by atoms with Gasteiger partial charge in [0, 0.05) is 12.5 Å². The van der Waals surface area contributed by atoms with Gasteiger partial charge in [0.15, 0.2) is 5.78 Å². The van der Waals surface area contributed by atoms with E-state index in [4.69, 9.17) is 0 Å². The number of unbranched alkanes of at least 4 members (excludes halogenated alkanes) is 14. The molecule has 5 nitrogen and oxygen atoms in total. The predicted molar refractivity (Wildman–Crippen MR) is 144 cm³/mol. The van der Waals surface area contributed by atoms with E-state index < -0.39 is 0 Å². The van der Waals surface area contributed by atoms with Crippen LogP contribution in [0, 0.1) is 0 Å². The van der Waals surface area contributed by atoms with E-state index in [0.717, 1.165) is 19.3 Å². The molecule has 0 heterocycles. The van der Waals surface area contributed by atoms with Gasteiger partial charge in [-0.2, -0.15) is 5.11 Å². The summed E-state index contributed by atoms with van der Waals surface area (Å²) in [6, 6.07) is 11.7. The van der Waals surface area contributed by atoms with E-state index in [1.807, 2.05) is 18.2 Å². The molecule has 35 heavy (non-hydrogen) atoms. The zero-order valence-electron chi connectivity index (χ0n) is 21.6. The van der Waals surface area contributed by atoms with Gasteiger partial charge in [-0.1, -0.05) is 115 Å². The molecule has 0 unspecified atom stereocenters. The van der Waals surface area contributed by atoms with Crippen LogP contribution in [0.4, 0.5) is 11.4 Å². The van der Waals surface area contributed by atoms with Crippen molar-refractivity contribution >= 4 is 17.2 Å². The SMILES string of the molecule is CCCCCCCCCCCCCCCCCC(=O)c1cc(N=Nc2ccccc2)c(O)cc1O. The van der Waals surface area contributed by atoms with Crippen molar-refractivity contribution < 1.29 is 15.0 Å². The number of phenolic OH excluding ortho intramolecular Hbond substituents is 2. The summed E-state index contributed by atoms with van der Waals surface area (Å²) in [6.07, 6.45) is 19.6. The Morgan fingerprint density at radius 3 is 1.71 bits per heavy atom. The molecular formula is C30H44N2O3. The summed E-state index contributed by atoms with van der Waals surface area (Å²) in [5.41, 5.74) is 1.01. The van der Waals surface area contributed by atoms with Crippen molar-refractivity contribution in [1.82, 2.24) is 0 Å². The number of phenols is 2. The molecule has 2 aromatic rings. The van der Waals surface area contributed by atoms with Gasteiger partial charge in [-0.05, 0) is 24.6 Å². The van der Waals surface area contributed by atoms with Crippen LogP contribution in [-0.2, 0) is 0 Å². The molecule has 0 bridgehead atoms. The minimum atomic E-state index is -0.216. The van der Waals surface area contributed by atoms with Gasteiger partial charge in [0.1, 0.15) is 17.2 Å². The highest BCUT2D eigenvalue weighted by Crippen LogP contribution is 2.35. The van der Waals surface area contributed by atoms with Crippen molar-refractivity contribution in [3.63, 3.8) is 0 Å². The average molecular weight is 481 g/mol. The van der Waals surface area contributed by atoms with Crippen molar-refractivity contribution in [3.05, 3.63) is 48.0 Å². The highest BCUT2D eigenvalue weighted by Gasteiger charge is 2.15. The maximum absolute atomic E-state index is 12.6. The van der Waals surface area contributed by atoms with Gasteiger partial charge in [-0.25, -0.2) is 0 Å². The molecule has 2 rings (SSSR count). The van der Waals surface area contributed by atoms with Crippen molar-refractivity contribution in [2.75, 3.05) is 0 Å². The zero-order chi connectivity index (χ0) is 25.1. The first-order valence-electron chi connectivity index (χ1n) is 13.7.